The quantitative estimate of drug-likeness (QED) is 0.0607. The summed E-state index contributed by atoms with van der Waals surface area (Å²) in [4.78, 5) is 63.0. The predicted octanol–water partition coefficient (Wildman–Crippen LogP) is 7.03. The number of nitrogens with zero attached hydrogens (tertiary/aromatic N) is 4. The van der Waals surface area contributed by atoms with E-state index in [0.717, 1.165) is 56.3 Å². The standard InChI is InChI=1S/C21H20N6O2.C13H13ClN4O.C9H9NO.ClH/c1-12-11-24-18(25-14-5-6-15-13(8-14)9-19(28)27-15)10-17(12)26-16-4-3-7-23-20(16)21(29)22-2;1-8-7-17-11(14)6-10(8)18-9-4-3-5-16-12(9)13(19)15-2;10-8-2-1-6-4-9(11)5-7(6)3-8;/h3-8,10-11H,9H2,1-2H3,(H,22,29)(H,27,28)(H2,24,25,26);3-7H,1-2H3,(H,15,19)(H,17,18);1-3H,4-5,10H2;1H. The van der Waals surface area contributed by atoms with Gasteiger partial charge in [-0.2, -0.15) is 0 Å². The van der Waals surface area contributed by atoms with Crippen molar-refractivity contribution in [2.45, 2.75) is 33.1 Å². The molecule has 60 heavy (non-hydrogen) atoms. The first-order chi connectivity index (χ1) is 28.4. The number of nitrogen functional groups attached to an aromatic ring is 1. The van der Waals surface area contributed by atoms with Gasteiger partial charge in [0.05, 0.1) is 17.8 Å². The van der Waals surface area contributed by atoms with Crippen LogP contribution in [-0.2, 0) is 28.9 Å². The summed E-state index contributed by atoms with van der Waals surface area (Å²) in [6.07, 6.45) is 8.11. The van der Waals surface area contributed by atoms with Gasteiger partial charge in [0.1, 0.15) is 16.8 Å². The molecule has 0 saturated heterocycles. The van der Waals surface area contributed by atoms with Gasteiger partial charge in [0.15, 0.2) is 11.4 Å². The number of ketones is 1. The third-order valence-corrected chi connectivity index (χ3v) is 9.43. The van der Waals surface area contributed by atoms with Crippen LogP contribution in [0.25, 0.3) is 0 Å². The third-order valence-electron chi connectivity index (χ3n) is 9.22. The van der Waals surface area contributed by atoms with Crippen molar-refractivity contribution in [1.82, 2.24) is 30.6 Å². The Hall–Kier alpha value is -7.10. The Kier molecular flexibility index (Phi) is 14.7. The van der Waals surface area contributed by atoms with Crippen molar-refractivity contribution in [2.24, 2.45) is 0 Å². The summed E-state index contributed by atoms with van der Waals surface area (Å²) in [5.41, 5.74) is 16.5. The van der Waals surface area contributed by atoms with Crippen molar-refractivity contribution in [3.63, 3.8) is 0 Å². The van der Waals surface area contributed by atoms with Crippen LogP contribution in [0.1, 0.15) is 48.8 Å². The second kappa shape index (κ2) is 20.0. The highest BCUT2D eigenvalue weighted by molar-refractivity contribution is 6.29. The first-order valence-corrected chi connectivity index (χ1v) is 18.8. The number of amides is 3. The summed E-state index contributed by atoms with van der Waals surface area (Å²) in [6, 6.07) is 22.1. The number of benzene rings is 2. The number of halogens is 2. The average molecular weight is 849 g/mol. The van der Waals surface area contributed by atoms with Gasteiger partial charge in [-0.1, -0.05) is 17.7 Å². The number of carbonyl (C=O) groups is 4. The molecule has 4 aromatic heterocycles. The van der Waals surface area contributed by atoms with E-state index in [4.69, 9.17) is 17.3 Å². The van der Waals surface area contributed by atoms with E-state index in [2.05, 4.69) is 51.8 Å². The van der Waals surface area contributed by atoms with Gasteiger partial charge in [0.25, 0.3) is 11.8 Å². The molecular weight excluding hydrogens is 805 g/mol. The van der Waals surface area contributed by atoms with E-state index in [9.17, 15) is 19.2 Å². The first-order valence-electron chi connectivity index (χ1n) is 18.5. The van der Waals surface area contributed by atoms with Gasteiger partial charge < -0.3 is 37.6 Å². The highest BCUT2D eigenvalue weighted by Gasteiger charge is 2.19. The van der Waals surface area contributed by atoms with Crippen LogP contribution < -0.4 is 37.6 Å². The Balaban J connectivity index is 0.000000188. The van der Waals surface area contributed by atoms with Crippen molar-refractivity contribution in [1.29, 1.82) is 0 Å². The zero-order chi connectivity index (χ0) is 42.1. The third kappa shape index (κ3) is 11.1. The number of pyridine rings is 4. The van der Waals surface area contributed by atoms with E-state index < -0.39 is 0 Å². The summed E-state index contributed by atoms with van der Waals surface area (Å²) in [5, 5.41) is 18.0. The molecule has 3 amide bonds. The molecule has 0 unspecified atom stereocenters. The SMILES string of the molecule is CNC(=O)c1ncccc1Nc1cc(Cl)ncc1C.CNC(=O)c1ncccc1Nc1cc(Nc2ccc3c(c2)CC(=O)N3)ncc1C.Cl.Nc1ccc2c(c1)CC(=O)C2. The molecule has 0 saturated carbocycles. The fourth-order valence-electron chi connectivity index (χ4n) is 6.19. The van der Waals surface area contributed by atoms with Gasteiger partial charge in [0, 0.05) is 86.2 Å². The van der Waals surface area contributed by atoms with Crippen LogP contribution >= 0.6 is 24.0 Å². The molecule has 0 bridgehead atoms. The molecule has 2 aromatic carbocycles. The Morgan fingerprint density at radius 1 is 0.667 bits per heavy atom. The smallest absolute Gasteiger partial charge is 0.271 e. The number of hydrogen-bond donors (Lipinski definition) is 7. The van der Waals surface area contributed by atoms with Gasteiger partial charge >= 0.3 is 0 Å². The lowest BCUT2D eigenvalue weighted by atomic mass is 10.1. The van der Waals surface area contributed by atoms with Crippen LogP contribution in [0.2, 0.25) is 5.15 Å². The van der Waals surface area contributed by atoms with Crippen molar-refractivity contribution in [3.8, 4) is 0 Å². The van der Waals surface area contributed by atoms with Crippen molar-refractivity contribution in [2.75, 3.05) is 41.1 Å². The Morgan fingerprint density at radius 2 is 1.27 bits per heavy atom. The normalized spacial score (nSPS) is 11.8. The monoisotopic (exact) mass is 847 g/mol. The van der Waals surface area contributed by atoms with Crippen LogP contribution in [0, 0.1) is 13.8 Å². The first kappa shape index (κ1) is 44.0. The highest BCUT2D eigenvalue weighted by Crippen LogP contribution is 2.30. The summed E-state index contributed by atoms with van der Waals surface area (Å²) < 4.78 is 0. The molecule has 6 aromatic rings. The number of carbonyl (C=O) groups excluding carboxylic acids is 4. The lowest BCUT2D eigenvalue weighted by molar-refractivity contribution is -0.117. The van der Waals surface area contributed by atoms with Gasteiger partial charge in [0.2, 0.25) is 5.91 Å². The molecule has 8 rings (SSSR count). The van der Waals surface area contributed by atoms with Gasteiger partial charge in [-0.15, -0.1) is 12.4 Å². The van der Waals surface area contributed by atoms with Gasteiger partial charge in [-0.05, 0) is 102 Å². The predicted molar refractivity (Wildman–Crippen MR) is 237 cm³/mol. The Bertz CT molecular complexity index is 2570. The largest absolute Gasteiger partial charge is 0.399 e. The van der Waals surface area contributed by atoms with Crippen LogP contribution in [0.15, 0.2) is 97.6 Å². The zero-order valence-corrected chi connectivity index (χ0v) is 34.7. The lowest BCUT2D eigenvalue weighted by Gasteiger charge is -2.14. The van der Waals surface area contributed by atoms with Crippen LogP contribution in [0.5, 0.6) is 0 Å². The molecule has 1 aliphatic carbocycles. The molecule has 17 heteroatoms. The van der Waals surface area contributed by atoms with Crippen LogP contribution in [0.3, 0.4) is 0 Å². The Labute approximate surface area is 357 Å². The number of aromatic nitrogens is 4. The molecule has 0 spiro atoms. The van der Waals surface area contributed by atoms with Crippen molar-refractivity contribution >= 4 is 93.1 Å². The van der Waals surface area contributed by atoms with E-state index in [-0.39, 0.29) is 30.1 Å². The maximum atomic E-state index is 12.1. The van der Waals surface area contributed by atoms with E-state index in [0.29, 0.717) is 58.8 Å². The zero-order valence-electron chi connectivity index (χ0n) is 33.1. The van der Waals surface area contributed by atoms with E-state index >= 15 is 0 Å². The van der Waals surface area contributed by atoms with Crippen LogP contribution in [-0.4, -0.2) is 57.5 Å². The summed E-state index contributed by atoms with van der Waals surface area (Å²) in [5.74, 6) is 0.423. The fourth-order valence-corrected chi connectivity index (χ4v) is 6.34. The molecule has 0 atom stereocenters. The highest BCUT2D eigenvalue weighted by atomic mass is 35.5. The number of rotatable bonds is 8. The second-order valence-corrected chi connectivity index (χ2v) is 13.9. The number of anilines is 8. The maximum absolute atomic E-state index is 12.1. The van der Waals surface area contributed by atoms with Crippen molar-refractivity contribution < 1.29 is 19.2 Å². The van der Waals surface area contributed by atoms with Gasteiger partial charge in [-0.3, -0.25) is 19.2 Å². The van der Waals surface area contributed by atoms with Crippen molar-refractivity contribution in [3.05, 3.63) is 142 Å². The number of aryl methyl sites for hydroxylation is 2. The summed E-state index contributed by atoms with van der Waals surface area (Å²) in [7, 11) is 3.13. The minimum absolute atomic E-state index is 0. The lowest BCUT2D eigenvalue weighted by Crippen LogP contribution is -2.20. The number of nitrogens with two attached hydrogens (primary N) is 1. The molecular formula is C43H43Cl2N11O4. The topological polar surface area (TPSA) is 218 Å². The van der Waals surface area contributed by atoms with Crippen LogP contribution in [0.4, 0.5) is 45.6 Å². The maximum Gasteiger partial charge on any atom is 0.271 e. The molecule has 5 heterocycles. The Morgan fingerprint density at radius 3 is 1.90 bits per heavy atom. The number of hydrogen-bond acceptors (Lipinski definition) is 12. The van der Waals surface area contributed by atoms with E-state index in [1.54, 1.807) is 69.2 Å². The van der Waals surface area contributed by atoms with Gasteiger partial charge in [-0.25, -0.2) is 19.9 Å². The molecule has 0 radical (unpaired) electrons. The fraction of sp³-hybridized carbons (Fsp3) is 0.163. The number of fused-ring (bicyclic) bond motifs is 2. The number of nitrogens with one attached hydrogen (secondary N) is 6. The molecule has 1 aliphatic heterocycles. The molecule has 2 aliphatic rings. The summed E-state index contributed by atoms with van der Waals surface area (Å²) >= 11 is 5.87. The molecule has 15 nitrogen and oxygen atoms in total. The molecule has 8 N–H and O–H groups in total. The summed E-state index contributed by atoms with van der Waals surface area (Å²) in [6.45, 7) is 3.84. The molecule has 0 fully saturated rings. The second-order valence-electron chi connectivity index (χ2n) is 13.6. The average Bonchev–Trinajstić information content (AvgIpc) is 3.80. The number of Topliss-reactive ketones (excluding diaryl/α,β-unsaturated/α-hetero) is 1. The molecule has 308 valence electrons. The minimum atomic E-state index is -0.264. The van der Waals surface area contributed by atoms with E-state index in [1.807, 2.05) is 56.3 Å². The van der Waals surface area contributed by atoms with E-state index in [1.165, 1.54) is 0 Å². The minimum Gasteiger partial charge on any atom is -0.399 e.